The van der Waals surface area contributed by atoms with Gasteiger partial charge in [0.05, 0.1) is 23.5 Å². The second-order valence-corrected chi connectivity index (χ2v) is 8.81. The summed E-state index contributed by atoms with van der Waals surface area (Å²) in [6.45, 7) is 2.03. The molecule has 1 N–H and O–H groups in total. The molecule has 5 rings (SSSR count). The maximum Gasteiger partial charge on any atom is 0.229 e. The number of amides is 1. The van der Waals surface area contributed by atoms with Crippen LogP contribution >= 0.6 is 0 Å². The Morgan fingerprint density at radius 2 is 1.71 bits per heavy atom. The summed E-state index contributed by atoms with van der Waals surface area (Å²) in [5.41, 5.74) is 7.57. The van der Waals surface area contributed by atoms with E-state index in [0.29, 0.717) is 25.1 Å². The fourth-order valence-corrected chi connectivity index (χ4v) is 4.40. The summed E-state index contributed by atoms with van der Waals surface area (Å²) in [6.07, 6.45) is 3.07. The van der Waals surface area contributed by atoms with Crippen molar-refractivity contribution < 1.29 is 9.18 Å². The Kier molecular flexibility index (Phi) is 6.17. The molecule has 0 atom stereocenters. The lowest BCUT2D eigenvalue weighted by Crippen LogP contribution is -2.20. The molecule has 1 aliphatic rings. The molecular weight excluding hydrogens is 425 g/mol. The third-order valence-corrected chi connectivity index (χ3v) is 6.23. The van der Waals surface area contributed by atoms with Crippen molar-refractivity contribution in [3.8, 4) is 11.3 Å². The Bertz CT molecular complexity index is 1330. The molecule has 1 aliphatic carbocycles. The van der Waals surface area contributed by atoms with E-state index in [1.54, 1.807) is 12.1 Å². The zero-order chi connectivity index (χ0) is 23.5. The van der Waals surface area contributed by atoms with E-state index < -0.39 is 0 Å². The number of halogens is 1. The van der Waals surface area contributed by atoms with E-state index in [9.17, 15) is 9.18 Å². The van der Waals surface area contributed by atoms with Gasteiger partial charge in [0, 0.05) is 5.56 Å². The number of nitrogens with one attached hydrogen (secondary N) is 1. The monoisotopic (exact) mass is 451 g/mol. The number of carbonyl (C=O) groups excluding carboxylic acids is 1. The van der Waals surface area contributed by atoms with E-state index in [4.69, 9.17) is 9.97 Å². The van der Waals surface area contributed by atoms with Crippen LogP contribution < -0.4 is 5.32 Å². The third-order valence-electron chi connectivity index (χ3n) is 6.23. The Labute approximate surface area is 198 Å². The van der Waals surface area contributed by atoms with Gasteiger partial charge in [-0.1, -0.05) is 60.2 Å². The number of benzene rings is 3. The highest BCUT2D eigenvalue weighted by molar-refractivity contribution is 5.92. The molecule has 0 aliphatic heterocycles. The van der Waals surface area contributed by atoms with Gasteiger partial charge in [0.1, 0.15) is 5.82 Å². The SMILES string of the molecule is Cc1ccc(CC(=O)Nc2nc3c(nc2CCc2ccccc2)-c2ccc(F)cc2CC3)cc1. The van der Waals surface area contributed by atoms with E-state index in [2.05, 4.69) is 17.4 Å². The number of hydrogen-bond acceptors (Lipinski definition) is 3. The smallest absolute Gasteiger partial charge is 0.229 e. The zero-order valence-corrected chi connectivity index (χ0v) is 19.1. The number of anilines is 1. The standard InChI is InChI=1S/C29H26FN3O/c1-19-7-9-21(10-8-19)17-27(34)33-29-26(15-11-20-5-3-2-4-6-20)31-28-24-14-13-23(30)18-22(24)12-16-25(28)32-29/h2-10,13-14,18H,11-12,15-17H2,1H3,(H,32,33,34). The Balaban J connectivity index is 1.46. The second kappa shape index (κ2) is 9.56. The van der Waals surface area contributed by atoms with E-state index >= 15 is 0 Å². The summed E-state index contributed by atoms with van der Waals surface area (Å²) in [7, 11) is 0. The van der Waals surface area contributed by atoms with Crippen molar-refractivity contribution >= 4 is 11.7 Å². The minimum absolute atomic E-state index is 0.114. The first-order valence-corrected chi connectivity index (χ1v) is 11.6. The normalized spacial score (nSPS) is 12.1. The first kappa shape index (κ1) is 22.0. The molecule has 5 heteroatoms. The summed E-state index contributed by atoms with van der Waals surface area (Å²) in [5, 5.41) is 3.02. The molecule has 1 aromatic heterocycles. The summed E-state index contributed by atoms with van der Waals surface area (Å²) in [4.78, 5) is 22.7. The van der Waals surface area contributed by atoms with Gasteiger partial charge in [-0.3, -0.25) is 4.79 Å². The van der Waals surface area contributed by atoms with Gasteiger partial charge in [-0.25, -0.2) is 14.4 Å². The Morgan fingerprint density at radius 1 is 0.912 bits per heavy atom. The molecule has 34 heavy (non-hydrogen) atoms. The van der Waals surface area contributed by atoms with Crippen LogP contribution in [0.2, 0.25) is 0 Å². The number of hydrogen-bond donors (Lipinski definition) is 1. The van der Waals surface area contributed by atoms with Gasteiger partial charge < -0.3 is 5.32 Å². The molecule has 0 saturated carbocycles. The van der Waals surface area contributed by atoms with Crippen LogP contribution in [-0.2, 0) is 36.9 Å². The molecule has 0 saturated heterocycles. The number of nitrogens with zero attached hydrogens (tertiary/aromatic N) is 2. The molecule has 0 bridgehead atoms. The van der Waals surface area contributed by atoms with E-state index in [-0.39, 0.29) is 18.1 Å². The molecule has 0 unspecified atom stereocenters. The van der Waals surface area contributed by atoms with Gasteiger partial charge in [-0.05, 0) is 67.5 Å². The molecule has 3 aromatic carbocycles. The van der Waals surface area contributed by atoms with E-state index in [0.717, 1.165) is 45.8 Å². The topological polar surface area (TPSA) is 54.9 Å². The van der Waals surface area contributed by atoms with E-state index in [1.807, 2.05) is 49.4 Å². The van der Waals surface area contributed by atoms with Crippen LogP contribution in [0.5, 0.6) is 0 Å². The molecule has 4 nitrogen and oxygen atoms in total. The quantitative estimate of drug-likeness (QED) is 0.412. The predicted octanol–water partition coefficient (Wildman–Crippen LogP) is 5.66. The molecule has 1 amide bonds. The van der Waals surface area contributed by atoms with Gasteiger partial charge in [-0.15, -0.1) is 0 Å². The fourth-order valence-electron chi connectivity index (χ4n) is 4.40. The first-order chi connectivity index (χ1) is 16.5. The van der Waals surface area contributed by atoms with Crippen LogP contribution in [0.3, 0.4) is 0 Å². The maximum atomic E-state index is 13.8. The lowest BCUT2D eigenvalue weighted by Gasteiger charge is -2.21. The molecule has 0 spiro atoms. The lowest BCUT2D eigenvalue weighted by atomic mass is 9.91. The number of fused-ring (bicyclic) bond motifs is 3. The van der Waals surface area contributed by atoms with Crippen molar-refractivity contribution in [2.75, 3.05) is 5.32 Å². The third kappa shape index (κ3) is 4.88. The van der Waals surface area contributed by atoms with Crippen molar-refractivity contribution in [2.24, 2.45) is 0 Å². The largest absolute Gasteiger partial charge is 0.309 e. The molecule has 4 aromatic rings. The highest BCUT2D eigenvalue weighted by atomic mass is 19.1. The number of carbonyl (C=O) groups is 1. The summed E-state index contributed by atoms with van der Waals surface area (Å²) >= 11 is 0. The van der Waals surface area contributed by atoms with Crippen molar-refractivity contribution in [3.05, 3.63) is 112 Å². The fraction of sp³-hybridized carbons (Fsp3) is 0.207. The highest BCUT2D eigenvalue weighted by Crippen LogP contribution is 2.33. The summed E-state index contributed by atoms with van der Waals surface area (Å²) in [5.74, 6) is 0.175. The number of aromatic nitrogens is 2. The summed E-state index contributed by atoms with van der Waals surface area (Å²) in [6, 6.07) is 23.0. The first-order valence-electron chi connectivity index (χ1n) is 11.6. The van der Waals surface area contributed by atoms with Gasteiger partial charge in [0.25, 0.3) is 0 Å². The van der Waals surface area contributed by atoms with Crippen LogP contribution in [0.4, 0.5) is 10.2 Å². The molecule has 0 fully saturated rings. The second-order valence-electron chi connectivity index (χ2n) is 8.81. The van der Waals surface area contributed by atoms with Crippen LogP contribution in [0.15, 0.2) is 72.8 Å². The Morgan fingerprint density at radius 3 is 2.50 bits per heavy atom. The van der Waals surface area contributed by atoms with Crippen LogP contribution in [0.1, 0.15) is 33.6 Å². The average molecular weight is 452 g/mol. The van der Waals surface area contributed by atoms with Crippen LogP contribution in [-0.4, -0.2) is 15.9 Å². The highest BCUT2D eigenvalue weighted by Gasteiger charge is 2.23. The van der Waals surface area contributed by atoms with Crippen LogP contribution in [0.25, 0.3) is 11.3 Å². The minimum Gasteiger partial charge on any atom is -0.309 e. The van der Waals surface area contributed by atoms with E-state index in [1.165, 1.54) is 11.6 Å². The van der Waals surface area contributed by atoms with Crippen molar-refractivity contribution in [2.45, 2.75) is 39.0 Å². The molecule has 170 valence electrons. The van der Waals surface area contributed by atoms with Crippen LogP contribution in [0, 0.1) is 12.7 Å². The maximum absolute atomic E-state index is 13.8. The average Bonchev–Trinajstić information content (AvgIpc) is 2.84. The zero-order valence-electron chi connectivity index (χ0n) is 19.1. The van der Waals surface area contributed by atoms with Crippen molar-refractivity contribution in [3.63, 3.8) is 0 Å². The number of rotatable bonds is 6. The van der Waals surface area contributed by atoms with Crippen molar-refractivity contribution in [1.82, 2.24) is 9.97 Å². The summed E-state index contributed by atoms with van der Waals surface area (Å²) < 4.78 is 13.8. The predicted molar refractivity (Wildman–Crippen MR) is 132 cm³/mol. The van der Waals surface area contributed by atoms with Gasteiger partial charge in [0.15, 0.2) is 5.82 Å². The minimum atomic E-state index is -0.237. The van der Waals surface area contributed by atoms with Gasteiger partial charge >= 0.3 is 0 Å². The van der Waals surface area contributed by atoms with Gasteiger partial charge in [0.2, 0.25) is 5.91 Å². The molecular formula is C29H26FN3O. The van der Waals surface area contributed by atoms with Gasteiger partial charge in [-0.2, -0.15) is 0 Å². The Hall–Kier alpha value is -3.86. The number of aryl methyl sites for hydroxylation is 5. The molecule has 0 radical (unpaired) electrons. The van der Waals surface area contributed by atoms with Crippen molar-refractivity contribution in [1.29, 1.82) is 0 Å². The molecule has 1 heterocycles. The lowest BCUT2D eigenvalue weighted by molar-refractivity contribution is -0.115.